The molecule has 10 amide bonds. The third-order valence-corrected chi connectivity index (χ3v) is 11.2. The van der Waals surface area contributed by atoms with Gasteiger partial charge in [0.25, 0.3) is 0 Å². The van der Waals surface area contributed by atoms with Crippen molar-refractivity contribution in [2.24, 2.45) is 34.8 Å². The molecule has 27 nitrogen and oxygen atoms in total. The Labute approximate surface area is 410 Å². The lowest BCUT2D eigenvalue weighted by Crippen LogP contribution is -2.61. The van der Waals surface area contributed by atoms with E-state index in [1.807, 2.05) is 11.6 Å². The Morgan fingerprint density at radius 3 is 1.49 bits per heavy atom. The number of primary amides is 2. The van der Waals surface area contributed by atoms with E-state index in [-0.39, 0.29) is 38.1 Å². The predicted molar refractivity (Wildman–Crippen MR) is 253 cm³/mol. The molecule has 0 fully saturated rings. The Hall–Kier alpha value is -6.13. The van der Waals surface area contributed by atoms with Crippen LogP contribution in [0.25, 0.3) is 0 Å². The number of aliphatic hydroxyl groups excluding tert-OH is 1. The van der Waals surface area contributed by atoms with Gasteiger partial charge in [0.1, 0.15) is 48.3 Å². The number of carboxylic acid groups (broad SMARTS) is 2. The number of aliphatic carboxylic acids is 2. The molecular weight excluding hydrogens is 945 g/mol. The lowest BCUT2D eigenvalue weighted by molar-refractivity contribution is -0.144. The van der Waals surface area contributed by atoms with Crippen molar-refractivity contribution in [1.82, 2.24) is 42.5 Å². The molecule has 0 heterocycles. The number of unbranched alkanes of at least 4 members (excludes halogenated alkanes) is 1. The maximum Gasteiger partial charge on any atom is 0.326 e. The largest absolute Gasteiger partial charge is 0.481 e. The van der Waals surface area contributed by atoms with E-state index in [1.165, 1.54) is 25.6 Å². The second-order valence-electron chi connectivity index (χ2n) is 17.2. The molecule has 0 unspecified atom stereocenters. The van der Waals surface area contributed by atoms with E-state index in [2.05, 4.69) is 37.2 Å². The Balaban J connectivity index is 6.41. The molecular formula is C42H74N12O15S. The molecule has 19 N–H and O–H groups in total. The van der Waals surface area contributed by atoms with Crippen molar-refractivity contribution in [2.45, 2.75) is 160 Å². The zero-order valence-corrected chi connectivity index (χ0v) is 41.5. The lowest BCUT2D eigenvalue weighted by Gasteiger charge is -2.29. The highest BCUT2D eigenvalue weighted by atomic mass is 32.2. The smallest absolute Gasteiger partial charge is 0.326 e. The van der Waals surface area contributed by atoms with Gasteiger partial charge in [-0.3, -0.25) is 52.7 Å². The second-order valence-corrected chi connectivity index (χ2v) is 18.2. The number of nitrogens with two attached hydrogens (primary N) is 4. The van der Waals surface area contributed by atoms with Crippen LogP contribution < -0.4 is 65.5 Å². The van der Waals surface area contributed by atoms with Gasteiger partial charge in [-0.15, -0.1) is 0 Å². The van der Waals surface area contributed by atoms with Gasteiger partial charge in [-0.2, -0.15) is 11.8 Å². The van der Waals surface area contributed by atoms with E-state index in [0.29, 0.717) is 18.6 Å². The minimum Gasteiger partial charge on any atom is -0.481 e. The SMILES string of the molecule is CC[C@H](C)[C@H](NC(=O)[C@H](CC(C)C)NC(=O)[C@H](CC(=O)O)NC(=O)[C@H](C)NC(=O)[C@H](CCCCN)NC(=O)[C@@H](NC(=O)[C@@H](N)CCSC)[C@@H](C)O)C(=O)N[C@@H](CC(N)=O)C(=O)N[C@@H](CC(N)=O)C(=O)O. The van der Waals surface area contributed by atoms with Gasteiger partial charge in [0.05, 0.1) is 31.4 Å². The Bertz CT molecular complexity index is 1840. The molecule has 0 aromatic carbocycles. The zero-order chi connectivity index (χ0) is 54.0. The molecule has 0 bridgehead atoms. The van der Waals surface area contributed by atoms with Crippen LogP contribution in [0.3, 0.4) is 0 Å². The quantitative estimate of drug-likeness (QED) is 0.0264. The first kappa shape index (κ1) is 63.9. The van der Waals surface area contributed by atoms with E-state index in [4.69, 9.17) is 22.9 Å². The average Bonchev–Trinajstić information content (AvgIpc) is 3.26. The highest BCUT2D eigenvalue weighted by Gasteiger charge is 2.37. The van der Waals surface area contributed by atoms with Crippen molar-refractivity contribution < 1.29 is 72.9 Å². The molecule has 0 aromatic rings. The summed E-state index contributed by atoms with van der Waals surface area (Å²) in [4.78, 5) is 154. The van der Waals surface area contributed by atoms with Gasteiger partial charge in [-0.1, -0.05) is 34.1 Å². The van der Waals surface area contributed by atoms with Crippen LogP contribution in [-0.4, -0.2) is 165 Å². The summed E-state index contributed by atoms with van der Waals surface area (Å²) in [5.74, 6) is -13.9. The van der Waals surface area contributed by atoms with Crippen LogP contribution in [0.15, 0.2) is 0 Å². The molecule has 0 spiro atoms. The van der Waals surface area contributed by atoms with Crippen LogP contribution in [0.5, 0.6) is 0 Å². The highest BCUT2D eigenvalue weighted by molar-refractivity contribution is 7.98. The molecule has 28 heteroatoms. The molecule has 0 aromatic heterocycles. The monoisotopic (exact) mass is 1020 g/mol. The number of amides is 10. The fourth-order valence-corrected chi connectivity index (χ4v) is 6.89. The van der Waals surface area contributed by atoms with Gasteiger partial charge in [0.2, 0.25) is 59.1 Å². The number of nitrogens with one attached hydrogen (secondary N) is 8. The third-order valence-electron chi connectivity index (χ3n) is 10.6. The summed E-state index contributed by atoms with van der Waals surface area (Å²) < 4.78 is 0. The van der Waals surface area contributed by atoms with Crippen LogP contribution in [0.2, 0.25) is 0 Å². The maximum absolute atomic E-state index is 13.9. The third kappa shape index (κ3) is 24.4. The summed E-state index contributed by atoms with van der Waals surface area (Å²) in [6, 6.07) is -13.8. The van der Waals surface area contributed by atoms with Crippen molar-refractivity contribution in [3.8, 4) is 0 Å². The second kappa shape index (κ2) is 32.6. The standard InChI is InChI=1S/C42H74N12O15S/c1-8-20(4)32(40(66)51-26(16-29(45)56)37(63)52-28(42(68)69)17-30(46)57)53-39(65)25(15-19(2)3)50-38(64)27(18-31(58)59)49-34(60)21(5)47-36(62)24(11-9-10-13-43)48-41(67)33(22(6)55)54-35(61)23(44)12-14-70-7/h19-28,32-33,55H,8-18,43-44H2,1-7H3,(H2,45,56)(H2,46,57)(H,47,62)(H,48,67)(H,49,60)(H,50,64)(H,51,66)(H,52,63)(H,53,65)(H,54,61)(H,58,59)(H,68,69)/t20-,21-,22+,23-,24-,25-,26-,27-,28-,32-,33-/m0/s1. The van der Waals surface area contributed by atoms with Gasteiger partial charge in [0.15, 0.2) is 0 Å². The topological polar surface area (TPSA) is 466 Å². The lowest BCUT2D eigenvalue weighted by atomic mass is 9.96. The van der Waals surface area contributed by atoms with Crippen LogP contribution in [0, 0.1) is 11.8 Å². The first-order chi connectivity index (χ1) is 32.6. The van der Waals surface area contributed by atoms with Crippen molar-refractivity contribution in [2.75, 3.05) is 18.6 Å². The van der Waals surface area contributed by atoms with Gasteiger partial charge >= 0.3 is 11.9 Å². The first-order valence-electron chi connectivity index (χ1n) is 22.7. The van der Waals surface area contributed by atoms with Crippen molar-refractivity contribution >= 4 is 82.8 Å². The summed E-state index contributed by atoms with van der Waals surface area (Å²) in [7, 11) is 0. The normalized spacial score (nSPS) is 15.8. The summed E-state index contributed by atoms with van der Waals surface area (Å²) in [5.41, 5.74) is 21.9. The summed E-state index contributed by atoms with van der Waals surface area (Å²) in [5, 5.41) is 48.2. The highest BCUT2D eigenvalue weighted by Crippen LogP contribution is 2.13. The fourth-order valence-electron chi connectivity index (χ4n) is 6.40. The van der Waals surface area contributed by atoms with E-state index in [0.717, 1.165) is 0 Å². The molecule has 0 saturated carbocycles. The van der Waals surface area contributed by atoms with Crippen LogP contribution in [-0.2, 0) is 57.5 Å². The Morgan fingerprint density at radius 1 is 0.543 bits per heavy atom. The van der Waals surface area contributed by atoms with Crippen LogP contribution in [0.1, 0.15) is 99.3 Å². The molecule has 11 atom stereocenters. The molecule has 0 saturated heterocycles. The summed E-state index contributed by atoms with van der Waals surface area (Å²) in [6.45, 7) is 9.24. The fraction of sp³-hybridized carbons (Fsp3) is 0.714. The number of rotatable bonds is 35. The Morgan fingerprint density at radius 2 is 1.00 bits per heavy atom. The van der Waals surface area contributed by atoms with Gasteiger partial charge in [-0.05, 0) is 76.3 Å². The van der Waals surface area contributed by atoms with E-state index in [1.54, 1.807) is 27.7 Å². The molecule has 398 valence electrons. The van der Waals surface area contributed by atoms with E-state index < -0.39 is 157 Å². The van der Waals surface area contributed by atoms with Crippen molar-refractivity contribution in [3.05, 3.63) is 0 Å². The number of carboxylic acids is 2. The summed E-state index contributed by atoms with van der Waals surface area (Å²) in [6.07, 6.45) is -1.13. The molecule has 0 aliphatic heterocycles. The zero-order valence-electron chi connectivity index (χ0n) is 40.7. The number of carbonyl (C=O) groups is 12. The number of carbonyl (C=O) groups excluding carboxylic acids is 10. The predicted octanol–water partition coefficient (Wildman–Crippen LogP) is -5.12. The van der Waals surface area contributed by atoms with E-state index in [9.17, 15) is 72.9 Å². The molecule has 0 aliphatic rings. The minimum absolute atomic E-state index is 0.00532. The van der Waals surface area contributed by atoms with E-state index >= 15 is 0 Å². The van der Waals surface area contributed by atoms with Crippen LogP contribution >= 0.6 is 11.8 Å². The molecule has 70 heavy (non-hydrogen) atoms. The van der Waals surface area contributed by atoms with Gasteiger partial charge in [0, 0.05) is 0 Å². The Kier molecular flexibility index (Phi) is 29.8. The number of thioether (sulfide) groups is 1. The molecule has 0 aliphatic carbocycles. The number of aliphatic hydroxyl groups is 1. The average molecular weight is 1020 g/mol. The van der Waals surface area contributed by atoms with Crippen molar-refractivity contribution in [3.63, 3.8) is 0 Å². The van der Waals surface area contributed by atoms with Crippen molar-refractivity contribution in [1.29, 1.82) is 0 Å². The summed E-state index contributed by atoms with van der Waals surface area (Å²) >= 11 is 1.45. The first-order valence-corrected chi connectivity index (χ1v) is 24.1. The number of hydrogen-bond donors (Lipinski definition) is 15. The van der Waals surface area contributed by atoms with Gasteiger partial charge in [-0.25, -0.2) is 4.79 Å². The molecule has 0 rings (SSSR count). The molecule has 0 radical (unpaired) electrons. The van der Waals surface area contributed by atoms with Gasteiger partial charge < -0.3 is 80.8 Å². The maximum atomic E-state index is 13.9. The van der Waals surface area contributed by atoms with Crippen LogP contribution in [0.4, 0.5) is 0 Å². The number of hydrogen-bond acceptors (Lipinski definition) is 16. The minimum atomic E-state index is -1.85.